The largest absolute Gasteiger partial charge is 0.872 e. The first-order valence-electron chi connectivity index (χ1n) is 7.06. The molecular formula is C17H17N2O3-. The van der Waals surface area contributed by atoms with Crippen LogP contribution in [0.3, 0.4) is 0 Å². The van der Waals surface area contributed by atoms with Gasteiger partial charge in [-0.2, -0.15) is 0 Å². The molecule has 2 aromatic carbocycles. The van der Waals surface area contributed by atoms with E-state index >= 15 is 0 Å². The predicted molar refractivity (Wildman–Crippen MR) is 84.3 cm³/mol. The minimum atomic E-state index is -0.520. The molecule has 0 spiro atoms. The van der Waals surface area contributed by atoms with Crippen molar-refractivity contribution in [3.63, 3.8) is 0 Å². The highest BCUT2D eigenvalue weighted by molar-refractivity contribution is 5.84. The SMILES string of the molecule is CC[C@@H](N=Cc1cc([N+](=O)[O-])ccc1[O-])c1ccc(C)cc1. The Balaban J connectivity index is 2.27. The number of nitro groups is 1. The summed E-state index contributed by atoms with van der Waals surface area (Å²) in [5.74, 6) is -0.270. The standard InChI is InChI=1S/C17H18N2O3/c1-3-16(13-6-4-12(2)5-7-13)18-11-14-10-15(19(21)22)8-9-17(14)20/h4-11,16,20H,3H2,1-2H3/p-1/t16-/m1/s1. The first-order chi connectivity index (χ1) is 10.5. The first kappa shape index (κ1) is 15.7. The number of rotatable bonds is 5. The number of nitrogens with zero attached hydrogens (tertiary/aromatic N) is 2. The molecule has 2 rings (SSSR count). The lowest BCUT2D eigenvalue weighted by Crippen LogP contribution is -2.00. The van der Waals surface area contributed by atoms with E-state index < -0.39 is 4.92 Å². The molecule has 5 heteroatoms. The fourth-order valence-electron chi connectivity index (χ4n) is 2.14. The van der Waals surface area contributed by atoms with Gasteiger partial charge in [-0.3, -0.25) is 15.1 Å². The van der Waals surface area contributed by atoms with Crippen molar-refractivity contribution in [2.75, 3.05) is 0 Å². The van der Waals surface area contributed by atoms with Crippen LogP contribution in [0.1, 0.15) is 36.1 Å². The van der Waals surface area contributed by atoms with Crippen molar-refractivity contribution in [2.45, 2.75) is 26.3 Å². The topological polar surface area (TPSA) is 78.6 Å². The average Bonchev–Trinajstić information content (AvgIpc) is 2.50. The average molecular weight is 297 g/mol. The van der Waals surface area contributed by atoms with Gasteiger partial charge in [0.25, 0.3) is 5.69 Å². The third kappa shape index (κ3) is 3.69. The van der Waals surface area contributed by atoms with Gasteiger partial charge in [0.1, 0.15) is 0 Å². The van der Waals surface area contributed by atoms with E-state index in [2.05, 4.69) is 4.99 Å². The highest BCUT2D eigenvalue weighted by atomic mass is 16.6. The van der Waals surface area contributed by atoms with Crippen LogP contribution >= 0.6 is 0 Å². The Hall–Kier alpha value is -2.69. The summed E-state index contributed by atoms with van der Waals surface area (Å²) in [5, 5.41) is 22.5. The minimum absolute atomic E-state index is 0.0701. The fourth-order valence-corrected chi connectivity index (χ4v) is 2.14. The molecule has 0 saturated heterocycles. The lowest BCUT2D eigenvalue weighted by Gasteiger charge is -2.12. The predicted octanol–water partition coefficient (Wildman–Crippen LogP) is 3.55. The molecule has 1 atom stereocenters. The molecule has 0 aliphatic heterocycles. The van der Waals surface area contributed by atoms with Crippen LogP contribution in [0.2, 0.25) is 0 Å². The van der Waals surface area contributed by atoms with Crippen molar-refractivity contribution in [1.29, 1.82) is 0 Å². The molecule has 0 saturated carbocycles. The summed E-state index contributed by atoms with van der Waals surface area (Å²) in [6.45, 7) is 4.02. The van der Waals surface area contributed by atoms with Gasteiger partial charge in [0, 0.05) is 18.3 Å². The molecule has 114 valence electrons. The maximum Gasteiger partial charge on any atom is 0.270 e. The Morgan fingerprint density at radius 2 is 1.91 bits per heavy atom. The first-order valence-corrected chi connectivity index (χ1v) is 7.06. The van der Waals surface area contributed by atoms with Gasteiger partial charge in [-0.05, 0) is 24.5 Å². The zero-order chi connectivity index (χ0) is 16.1. The maximum absolute atomic E-state index is 11.8. The lowest BCUT2D eigenvalue weighted by molar-refractivity contribution is -0.385. The quantitative estimate of drug-likeness (QED) is 0.481. The van der Waals surface area contributed by atoms with Crippen molar-refractivity contribution < 1.29 is 10.0 Å². The van der Waals surface area contributed by atoms with Crippen LogP contribution in [0, 0.1) is 17.0 Å². The normalized spacial score (nSPS) is 12.5. The summed E-state index contributed by atoms with van der Waals surface area (Å²) in [5.41, 5.74) is 2.36. The summed E-state index contributed by atoms with van der Waals surface area (Å²) < 4.78 is 0. The third-order valence-electron chi connectivity index (χ3n) is 3.45. The van der Waals surface area contributed by atoms with Gasteiger partial charge in [0.2, 0.25) is 0 Å². The van der Waals surface area contributed by atoms with Crippen LogP contribution < -0.4 is 5.11 Å². The summed E-state index contributed by atoms with van der Waals surface area (Å²) in [6.07, 6.45) is 2.21. The monoisotopic (exact) mass is 297 g/mol. The van der Waals surface area contributed by atoms with Crippen LogP contribution in [0.15, 0.2) is 47.5 Å². The molecule has 0 amide bonds. The van der Waals surface area contributed by atoms with Crippen molar-refractivity contribution in [1.82, 2.24) is 0 Å². The Kier molecular flexibility index (Phi) is 4.88. The van der Waals surface area contributed by atoms with Crippen molar-refractivity contribution in [3.8, 4) is 5.75 Å². The van der Waals surface area contributed by atoms with Crippen molar-refractivity contribution in [2.24, 2.45) is 4.99 Å². The van der Waals surface area contributed by atoms with Gasteiger partial charge in [0.05, 0.1) is 11.0 Å². The van der Waals surface area contributed by atoms with E-state index in [-0.39, 0.29) is 23.0 Å². The molecule has 0 aliphatic carbocycles. The zero-order valence-corrected chi connectivity index (χ0v) is 12.5. The Labute approximate surface area is 129 Å². The van der Waals surface area contributed by atoms with Crippen molar-refractivity contribution >= 4 is 11.9 Å². The smallest absolute Gasteiger partial charge is 0.270 e. The molecule has 0 aromatic heterocycles. The molecule has 0 heterocycles. The van der Waals surface area contributed by atoms with Gasteiger partial charge in [-0.25, -0.2) is 0 Å². The lowest BCUT2D eigenvalue weighted by atomic mass is 10.0. The van der Waals surface area contributed by atoms with E-state index in [4.69, 9.17) is 0 Å². The summed E-state index contributed by atoms with van der Waals surface area (Å²) in [4.78, 5) is 14.7. The van der Waals surface area contributed by atoms with Crippen LogP contribution in [-0.2, 0) is 0 Å². The summed E-state index contributed by atoms with van der Waals surface area (Å²) >= 11 is 0. The number of aliphatic imine (C=N–C) groups is 1. The van der Waals surface area contributed by atoms with E-state index in [1.807, 2.05) is 38.1 Å². The van der Waals surface area contributed by atoms with Gasteiger partial charge in [-0.15, -0.1) is 0 Å². The molecule has 0 aliphatic rings. The number of aryl methyl sites for hydroxylation is 1. The van der Waals surface area contributed by atoms with Gasteiger partial charge in [-0.1, -0.05) is 48.6 Å². The molecule has 2 aromatic rings. The Morgan fingerprint density at radius 1 is 1.23 bits per heavy atom. The third-order valence-corrected chi connectivity index (χ3v) is 3.45. The minimum Gasteiger partial charge on any atom is -0.872 e. The number of hydrogen-bond donors (Lipinski definition) is 0. The van der Waals surface area contributed by atoms with Crippen molar-refractivity contribution in [3.05, 3.63) is 69.3 Å². The van der Waals surface area contributed by atoms with E-state index in [1.54, 1.807) is 0 Å². The fraction of sp³-hybridized carbons (Fsp3) is 0.235. The molecule has 0 fully saturated rings. The summed E-state index contributed by atoms with van der Waals surface area (Å²) in [7, 11) is 0. The van der Waals surface area contributed by atoms with E-state index in [1.165, 1.54) is 30.0 Å². The van der Waals surface area contributed by atoms with E-state index in [0.29, 0.717) is 0 Å². The second-order valence-corrected chi connectivity index (χ2v) is 5.09. The van der Waals surface area contributed by atoms with Crippen LogP contribution in [0.5, 0.6) is 5.75 Å². The van der Waals surface area contributed by atoms with Gasteiger partial charge < -0.3 is 5.11 Å². The number of benzene rings is 2. The number of nitro benzene ring substituents is 1. The zero-order valence-electron chi connectivity index (χ0n) is 12.5. The molecule has 0 unspecified atom stereocenters. The highest BCUT2D eigenvalue weighted by Crippen LogP contribution is 2.23. The summed E-state index contributed by atoms with van der Waals surface area (Å²) in [6, 6.07) is 11.6. The molecular weight excluding hydrogens is 280 g/mol. The Morgan fingerprint density at radius 3 is 2.50 bits per heavy atom. The Bertz CT molecular complexity index is 694. The molecule has 0 bridgehead atoms. The molecule has 5 nitrogen and oxygen atoms in total. The van der Waals surface area contributed by atoms with Crippen LogP contribution in [-0.4, -0.2) is 11.1 Å². The van der Waals surface area contributed by atoms with E-state index in [9.17, 15) is 15.2 Å². The highest BCUT2D eigenvalue weighted by Gasteiger charge is 2.08. The van der Waals surface area contributed by atoms with Crippen LogP contribution in [0.4, 0.5) is 5.69 Å². The molecule has 0 N–H and O–H groups in total. The van der Waals surface area contributed by atoms with E-state index in [0.717, 1.165) is 12.0 Å². The number of non-ortho nitro benzene ring substituents is 1. The second kappa shape index (κ2) is 6.85. The number of hydrogen-bond acceptors (Lipinski definition) is 4. The molecule has 22 heavy (non-hydrogen) atoms. The van der Waals surface area contributed by atoms with Crippen LogP contribution in [0.25, 0.3) is 0 Å². The maximum atomic E-state index is 11.8. The molecule has 0 radical (unpaired) electrons. The van der Waals surface area contributed by atoms with Gasteiger partial charge in [0.15, 0.2) is 0 Å². The second-order valence-electron chi connectivity index (χ2n) is 5.09. The van der Waals surface area contributed by atoms with Gasteiger partial charge >= 0.3 is 0 Å².